The van der Waals surface area contributed by atoms with Crippen molar-refractivity contribution < 1.29 is 31.5 Å². The number of ether oxygens (including phenoxy) is 1. The molecule has 0 bridgehead atoms. The fraction of sp³-hybridized carbons (Fsp3) is 0.321. The number of benzene rings is 3. The third-order valence-electron chi connectivity index (χ3n) is 6.15. The van der Waals surface area contributed by atoms with Crippen molar-refractivity contribution in [3.8, 4) is 16.9 Å². The van der Waals surface area contributed by atoms with Gasteiger partial charge in [0.1, 0.15) is 17.2 Å². The van der Waals surface area contributed by atoms with Crippen molar-refractivity contribution in [2.24, 2.45) is 0 Å². The molecular weight excluding hydrogens is 463 g/mol. The Morgan fingerprint density at radius 3 is 2.09 bits per heavy atom. The quantitative estimate of drug-likeness (QED) is 0.345. The first-order chi connectivity index (χ1) is 16.3. The van der Waals surface area contributed by atoms with Gasteiger partial charge in [-0.3, -0.25) is 4.79 Å². The van der Waals surface area contributed by atoms with Crippen LogP contribution >= 0.6 is 0 Å². The van der Waals surface area contributed by atoms with E-state index in [1.54, 1.807) is 19.9 Å². The molecule has 1 aliphatic heterocycles. The average molecular weight is 488 g/mol. The zero-order chi connectivity index (χ0) is 25.7. The molecule has 0 spiro atoms. The minimum Gasteiger partial charge on any atom is -0.487 e. The minimum atomic E-state index is -4.55. The second-order valence-electron chi connectivity index (χ2n) is 9.73. The average Bonchev–Trinajstić information content (AvgIpc) is 2.76. The molecule has 1 heterocycles. The van der Waals surface area contributed by atoms with E-state index in [4.69, 9.17) is 4.74 Å². The number of hydrogen-bond donors (Lipinski definition) is 0. The number of hydrogen-bond acceptors (Lipinski definition) is 2. The number of alkyl halides is 4. The second-order valence-corrected chi connectivity index (χ2v) is 9.73. The predicted octanol–water partition coefficient (Wildman–Crippen LogP) is 8.44. The molecule has 0 saturated carbocycles. The highest BCUT2D eigenvalue weighted by atomic mass is 19.4. The highest BCUT2D eigenvalue weighted by molar-refractivity contribution is 6.07. The van der Waals surface area contributed by atoms with E-state index in [2.05, 4.69) is 0 Å². The van der Waals surface area contributed by atoms with Gasteiger partial charge in [-0.05, 0) is 66.8 Å². The Kier molecular flexibility index (Phi) is 6.24. The lowest BCUT2D eigenvalue weighted by Crippen LogP contribution is -2.36. The van der Waals surface area contributed by atoms with Gasteiger partial charge in [0.05, 0.1) is 17.5 Å². The van der Waals surface area contributed by atoms with E-state index in [9.17, 15) is 22.4 Å². The van der Waals surface area contributed by atoms with E-state index < -0.39 is 29.3 Å². The van der Waals surface area contributed by atoms with E-state index in [0.29, 0.717) is 16.9 Å². The van der Waals surface area contributed by atoms with Crippen LogP contribution in [0.15, 0.2) is 54.6 Å². The number of fused-ring (bicyclic) bond motifs is 1. The van der Waals surface area contributed by atoms with Gasteiger partial charge < -0.3 is 4.74 Å². The Morgan fingerprint density at radius 1 is 0.943 bits per heavy atom. The molecule has 1 unspecified atom stereocenters. The standard InChI is InChI=1S/C28H25F5O2/c1-15(2)20-13-22-25(21(34)14-27(3,4)35-22)23(16-7-11-19(29)12-8-16)24(20)26(30)17-5-9-18(10-6-17)28(31,32)33/h5-13,15,26H,14H2,1-4H3. The largest absolute Gasteiger partial charge is 0.487 e. The van der Waals surface area contributed by atoms with Crippen molar-refractivity contribution >= 4 is 5.78 Å². The molecule has 0 aromatic heterocycles. The highest BCUT2D eigenvalue weighted by Crippen LogP contribution is 2.48. The van der Waals surface area contributed by atoms with Gasteiger partial charge in [0.2, 0.25) is 0 Å². The number of carbonyl (C=O) groups excluding carboxylic acids is 1. The Morgan fingerprint density at radius 2 is 1.54 bits per heavy atom. The molecule has 1 atom stereocenters. The summed E-state index contributed by atoms with van der Waals surface area (Å²) in [4.78, 5) is 13.3. The van der Waals surface area contributed by atoms with E-state index >= 15 is 4.39 Å². The molecule has 0 amide bonds. The van der Waals surface area contributed by atoms with Crippen molar-refractivity contribution in [2.75, 3.05) is 0 Å². The Bertz CT molecular complexity index is 1260. The topological polar surface area (TPSA) is 26.3 Å². The first kappa shape index (κ1) is 24.9. The monoisotopic (exact) mass is 488 g/mol. The van der Waals surface area contributed by atoms with Crippen LogP contribution in [0.25, 0.3) is 11.1 Å². The van der Waals surface area contributed by atoms with Crippen LogP contribution in [-0.2, 0) is 6.18 Å². The van der Waals surface area contributed by atoms with E-state index in [0.717, 1.165) is 24.3 Å². The van der Waals surface area contributed by atoms with Gasteiger partial charge in [-0.2, -0.15) is 13.2 Å². The zero-order valence-corrected chi connectivity index (χ0v) is 19.8. The van der Waals surface area contributed by atoms with Gasteiger partial charge in [-0.15, -0.1) is 0 Å². The smallest absolute Gasteiger partial charge is 0.416 e. The number of ketones is 1. The van der Waals surface area contributed by atoms with Gasteiger partial charge in [0.25, 0.3) is 0 Å². The molecule has 35 heavy (non-hydrogen) atoms. The molecule has 1 aliphatic rings. The fourth-order valence-electron chi connectivity index (χ4n) is 4.53. The first-order valence-corrected chi connectivity index (χ1v) is 11.3. The van der Waals surface area contributed by atoms with E-state index in [1.807, 2.05) is 13.8 Å². The maximum Gasteiger partial charge on any atom is 0.416 e. The molecule has 0 saturated heterocycles. The van der Waals surface area contributed by atoms with Crippen LogP contribution in [-0.4, -0.2) is 11.4 Å². The van der Waals surface area contributed by atoms with Crippen molar-refractivity contribution in [1.29, 1.82) is 0 Å². The van der Waals surface area contributed by atoms with Crippen molar-refractivity contribution in [2.45, 2.75) is 58.0 Å². The summed E-state index contributed by atoms with van der Waals surface area (Å²) in [6, 6.07) is 10.9. The molecule has 0 fully saturated rings. The van der Waals surface area contributed by atoms with Gasteiger partial charge >= 0.3 is 6.18 Å². The highest BCUT2D eigenvalue weighted by Gasteiger charge is 2.38. The maximum atomic E-state index is 16.3. The molecule has 184 valence electrons. The zero-order valence-electron chi connectivity index (χ0n) is 19.8. The van der Waals surface area contributed by atoms with Crippen LogP contribution in [0, 0.1) is 5.82 Å². The molecule has 0 aliphatic carbocycles. The van der Waals surface area contributed by atoms with E-state index in [-0.39, 0.29) is 40.4 Å². The van der Waals surface area contributed by atoms with Gasteiger partial charge in [-0.1, -0.05) is 38.1 Å². The summed E-state index contributed by atoms with van der Waals surface area (Å²) in [5, 5.41) is 0. The summed E-state index contributed by atoms with van der Waals surface area (Å²) in [5.74, 6) is -0.622. The fourth-order valence-corrected chi connectivity index (χ4v) is 4.53. The van der Waals surface area contributed by atoms with Crippen LogP contribution in [0.2, 0.25) is 0 Å². The summed E-state index contributed by atoms with van der Waals surface area (Å²) in [6.07, 6.45) is -6.32. The van der Waals surface area contributed by atoms with Crippen molar-refractivity contribution in [3.63, 3.8) is 0 Å². The summed E-state index contributed by atoms with van der Waals surface area (Å²) >= 11 is 0. The molecule has 3 aromatic carbocycles. The Hall–Kier alpha value is -3.22. The third-order valence-corrected chi connectivity index (χ3v) is 6.15. The van der Waals surface area contributed by atoms with Crippen LogP contribution in [0.4, 0.5) is 22.0 Å². The summed E-state index contributed by atoms with van der Waals surface area (Å²) in [5.41, 5.74) is 0.000925. The predicted molar refractivity (Wildman–Crippen MR) is 124 cm³/mol. The first-order valence-electron chi connectivity index (χ1n) is 11.3. The van der Waals surface area contributed by atoms with E-state index in [1.165, 1.54) is 24.3 Å². The van der Waals surface area contributed by atoms with Crippen LogP contribution < -0.4 is 4.74 Å². The lowest BCUT2D eigenvalue weighted by atomic mass is 9.79. The van der Waals surface area contributed by atoms with Crippen LogP contribution in [0.1, 0.15) is 78.8 Å². The summed E-state index contributed by atoms with van der Waals surface area (Å²) in [6.45, 7) is 7.28. The van der Waals surface area contributed by atoms with Crippen LogP contribution in [0.3, 0.4) is 0 Å². The summed E-state index contributed by atoms with van der Waals surface area (Å²) < 4.78 is 75.3. The number of rotatable bonds is 4. The summed E-state index contributed by atoms with van der Waals surface area (Å²) in [7, 11) is 0. The molecule has 4 rings (SSSR count). The van der Waals surface area contributed by atoms with Gasteiger partial charge in [0, 0.05) is 11.1 Å². The number of Topliss-reactive ketones (excluding diaryl/α,β-unsaturated/α-hetero) is 1. The number of halogens is 5. The molecule has 3 aromatic rings. The third kappa shape index (κ3) is 4.81. The molecule has 2 nitrogen and oxygen atoms in total. The van der Waals surface area contributed by atoms with Crippen molar-refractivity contribution in [1.82, 2.24) is 0 Å². The SMILES string of the molecule is CC(C)c1cc2c(c(-c3ccc(F)cc3)c1C(F)c1ccc(C(F)(F)F)cc1)C(=O)CC(C)(C)O2. The minimum absolute atomic E-state index is 0.0210. The maximum absolute atomic E-state index is 16.3. The van der Waals surface area contributed by atoms with Gasteiger partial charge in [0.15, 0.2) is 12.0 Å². The lowest BCUT2D eigenvalue weighted by molar-refractivity contribution is -0.137. The van der Waals surface area contributed by atoms with Crippen molar-refractivity contribution in [3.05, 3.63) is 88.2 Å². The lowest BCUT2D eigenvalue weighted by Gasteiger charge is -2.35. The molecule has 0 radical (unpaired) electrons. The second kappa shape index (κ2) is 8.77. The molecule has 7 heteroatoms. The molecular formula is C28H25F5O2. The normalized spacial score (nSPS) is 16.1. The van der Waals surface area contributed by atoms with Crippen LogP contribution in [0.5, 0.6) is 5.75 Å². The number of carbonyl (C=O) groups is 1. The van der Waals surface area contributed by atoms with Gasteiger partial charge in [-0.25, -0.2) is 8.78 Å². The Labute approximate surface area is 200 Å². The molecule has 0 N–H and O–H groups in total. The Balaban J connectivity index is 2.01.